The van der Waals surface area contributed by atoms with Gasteiger partial charge in [0.25, 0.3) is 0 Å². The lowest BCUT2D eigenvalue weighted by Crippen LogP contribution is -2.27. The second kappa shape index (κ2) is 6.55. The Kier molecular flexibility index (Phi) is 5.04. The molecule has 3 N–H and O–H groups in total. The molecule has 0 amide bonds. The Morgan fingerprint density at radius 1 is 0.958 bits per heavy atom. The zero-order chi connectivity index (χ0) is 18.1. The van der Waals surface area contributed by atoms with Gasteiger partial charge in [-0.25, -0.2) is 35.5 Å². The summed E-state index contributed by atoms with van der Waals surface area (Å²) in [4.78, 5) is -0.455. The summed E-state index contributed by atoms with van der Waals surface area (Å²) in [5.41, 5.74) is -0.0267. The second-order valence-electron chi connectivity index (χ2n) is 5.03. The fourth-order valence-electron chi connectivity index (χ4n) is 2.03. The Balaban J connectivity index is 2.27. The molecule has 1 atom stereocenters. The van der Waals surface area contributed by atoms with Crippen LogP contribution < -0.4 is 9.86 Å². The smallest absolute Gasteiger partial charge is 0.225 e. The number of hydrogen-bond donors (Lipinski definition) is 2. The fraction of sp³-hybridized carbons (Fsp3) is 0.143. The number of halogens is 2. The van der Waals surface area contributed by atoms with E-state index in [0.717, 1.165) is 36.4 Å². The maximum atomic E-state index is 13.7. The quantitative estimate of drug-likeness (QED) is 0.827. The van der Waals surface area contributed by atoms with Crippen molar-refractivity contribution in [1.82, 2.24) is 4.72 Å². The molecule has 0 aliphatic rings. The zero-order valence-corrected chi connectivity index (χ0v) is 14.0. The van der Waals surface area contributed by atoms with E-state index < -0.39 is 37.7 Å². The van der Waals surface area contributed by atoms with Crippen LogP contribution in [0.5, 0.6) is 0 Å². The number of sulfonamides is 2. The van der Waals surface area contributed by atoms with Gasteiger partial charge in [0.05, 0.1) is 9.79 Å². The third-order valence-electron chi connectivity index (χ3n) is 3.22. The van der Waals surface area contributed by atoms with Gasteiger partial charge in [0.1, 0.15) is 11.6 Å². The van der Waals surface area contributed by atoms with Crippen LogP contribution in [0.25, 0.3) is 0 Å². The predicted octanol–water partition coefficient (Wildman–Crippen LogP) is 1.65. The fourth-order valence-corrected chi connectivity index (χ4v) is 3.76. The summed E-state index contributed by atoms with van der Waals surface area (Å²) in [5, 5.41) is 4.94. The number of primary sulfonamides is 1. The molecule has 0 radical (unpaired) electrons. The van der Waals surface area contributed by atoms with Crippen LogP contribution in [0.2, 0.25) is 0 Å². The van der Waals surface area contributed by atoms with Gasteiger partial charge in [-0.3, -0.25) is 0 Å². The Hall–Kier alpha value is -1.88. The first-order chi connectivity index (χ1) is 11.0. The first-order valence-electron chi connectivity index (χ1n) is 6.61. The van der Waals surface area contributed by atoms with Crippen LogP contribution in [0, 0.1) is 11.6 Å². The molecule has 130 valence electrons. The van der Waals surface area contributed by atoms with Gasteiger partial charge in [-0.05, 0) is 37.3 Å². The minimum atomic E-state index is -4.04. The van der Waals surface area contributed by atoms with Gasteiger partial charge >= 0.3 is 0 Å². The van der Waals surface area contributed by atoms with E-state index in [-0.39, 0.29) is 15.4 Å². The van der Waals surface area contributed by atoms with Crippen molar-refractivity contribution in [3.8, 4) is 0 Å². The largest absolute Gasteiger partial charge is 0.241 e. The van der Waals surface area contributed by atoms with E-state index in [1.165, 1.54) is 6.92 Å². The molecule has 2 rings (SSSR count). The maximum absolute atomic E-state index is 13.7. The number of benzene rings is 2. The Labute approximate surface area is 138 Å². The van der Waals surface area contributed by atoms with E-state index in [2.05, 4.69) is 4.72 Å². The summed E-state index contributed by atoms with van der Waals surface area (Å²) in [6.07, 6.45) is 0. The number of nitrogens with one attached hydrogen (secondary N) is 1. The molecule has 0 saturated heterocycles. The molecule has 24 heavy (non-hydrogen) atoms. The SMILES string of the molecule is CC(NS(=O)(=O)c1ccc(S(N)(=O)=O)cc1)c1ccc(F)cc1F. The van der Waals surface area contributed by atoms with Crippen molar-refractivity contribution in [2.24, 2.45) is 5.14 Å². The van der Waals surface area contributed by atoms with Crippen molar-refractivity contribution in [2.75, 3.05) is 0 Å². The lowest BCUT2D eigenvalue weighted by molar-refractivity contribution is 0.539. The van der Waals surface area contributed by atoms with Gasteiger partial charge in [-0.15, -0.1) is 0 Å². The predicted molar refractivity (Wildman–Crippen MR) is 82.9 cm³/mol. The molecule has 0 saturated carbocycles. The van der Waals surface area contributed by atoms with Crippen LogP contribution in [0.15, 0.2) is 52.3 Å². The number of hydrogen-bond acceptors (Lipinski definition) is 4. The van der Waals surface area contributed by atoms with E-state index in [4.69, 9.17) is 5.14 Å². The van der Waals surface area contributed by atoms with Gasteiger partial charge in [0.2, 0.25) is 20.0 Å². The minimum Gasteiger partial charge on any atom is -0.225 e. The van der Waals surface area contributed by atoms with Gasteiger partial charge in [0.15, 0.2) is 0 Å². The summed E-state index contributed by atoms with van der Waals surface area (Å²) in [6.45, 7) is 1.40. The van der Waals surface area contributed by atoms with E-state index in [1.54, 1.807) is 0 Å². The van der Waals surface area contributed by atoms with E-state index in [9.17, 15) is 25.6 Å². The standard InChI is InChI=1S/C14H14F2N2O4S2/c1-9(13-7-2-10(15)8-14(13)16)18-24(21,22)12-5-3-11(4-6-12)23(17,19)20/h2-9,18H,1H3,(H2,17,19,20). The topological polar surface area (TPSA) is 106 Å². The maximum Gasteiger partial charge on any atom is 0.241 e. The van der Waals surface area contributed by atoms with Crippen molar-refractivity contribution in [2.45, 2.75) is 22.8 Å². The highest BCUT2D eigenvalue weighted by Crippen LogP contribution is 2.21. The summed E-state index contributed by atoms with van der Waals surface area (Å²) < 4.78 is 75.7. The minimum absolute atomic E-state index is 0.0267. The normalized spacial score (nSPS) is 13.7. The molecule has 0 heterocycles. The average Bonchev–Trinajstić information content (AvgIpc) is 2.45. The Morgan fingerprint density at radius 3 is 2.00 bits per heavy atom. The van der Waals surface area contributed by atoms with Crippen molar-refractivity contribution >= 4 is 20.0 Å². The van der Waals surface area contributed by atoms with E-state index in [0.29, 0.717) is 6.07 Å². The third-order valence-corrected chi connectivity index (χ3v) is 5.71. The van der Waals surface area contributed by atoms with Crippen molar-refractivity contribution in [3.05, 3.63) is 59.7 Å². The highest BCUT2D eigenvalue weighted by atomic mass is 32.2. The summed E-state index contributed by atoms with van der Waals surface area (Å²) in [7, 11) is -7.98. The summed E-state index contributed by atoms with van der Waals surface area (Å²) in [6, 6.07) is 6.08. The third kappa shape index (κ3) is 4.15. The molecule has 0 aromatic heterocycles. The first kappa shape index (κ1) is 18.5. The van der Waals surface area contributed by atoms with Crippen LogP contribution >= 0.6 is 0 Å². The van der Waals surface area contributed by atoms with Crippen LogP contribution in [-0.4, -0.2) is 16.8 Å². The summed E-state index contributed by atoms with van der Waals surface area (Å²) in [5.74, 6) is -1.65. The summed E-state index contributed by atoms with van der Waals surface area (Å²) >= 11 is 0. The second-order valence-corrected chi connectivity index (χ2v) is 8.30. The Bertz CT molecular complexity index is 959. The van der Waals surface area contributed by atoms with E-state index in [1.807, 2.05) is 0 Å². The molecule has 0 aliphatic heterocycles. The lowest BCUT2D eigenvalue weighted by Gasteiger charge is -2.15. The van der Waals surface area contributed by atoms with Gasteiger partial charge < -0.3 is 0 Å². The highest BCUT2D eigenvalue weighted by molar-refractivity contribution is 7.89. The number of nitrogens with two attached hydrogens (primary N) is 1. The Morgan fingerprint density at radius 2 is 1.50 bits per heavy atom. The van der Waals surface area contributed by atoms with Crippen LogP contribution in [0.4, 0.5) is 8.78 Å². The molecular weight excluding hydrogens is 362 g/mol. The molecule has 6 nitrogen and oxygen atoms in total. The molecule has 0 spiro atoms. The molecule has 1 unspecified atom stereocenters. The molecule has 0 fully saturated rings. The average molecular weight is 376 g/mol. The number of rotatable bonds is 5. The van der Waals surface area contributed by atoms with Gasteiger partial charge in [-0.1, -0.05) is 6.07 Å². The first-order valence-corrected chi connectivity index (χ1v) is 9.64. The van der Waals surface area contributed by atoms with Crippen LogP contribution in [0.1, 0.15) is 18.5 Å². The van der Waals surface area contributed by atoms with Crippen molar-refractivity contribution < 1.29 is 25.6 Å². The molecule has 2 aromatic carbocycles. The monoisotopic (exact) mass is 376 g/mol. The molecule has 0 aliphatic carbocycles. The molecular formula is C14H14F2N2O4S2. The molecule has 2 aromatic rings. The van der Waals surface area contributed by atoms with Crippen molar-refractivity contribution in [3.63, 3.8) is 0 Å². The highest BCUT2D eigenvalue weighted by Gasteiger charge is 2.21. The van der Waals surface area contributed by atoms with Crippen LogP contribution in [0.3, 0.4) is 0 Å². The van der Waals surface area contributed by atoms with Gasteiger partial charge in [0, 0.05) is 17.7 Å². The van der Waals surface area contributed by atoms with Gasteiger partial charge in [-0.2, -0.15) is 0 Å². The van der Waals surface area contributed by atoms with Crippen molar-refractivity contribution in [1.29, 1.82) is 0 Å². The van der Waals surface area contributed by atoms with Crippen LogP contribution in [-0.2, 0) is 20.0 Å². The molecule has 10 heteroatoms. The lowest BCUT2D eigenvalue weighted by atomic mass is 10.1. The van der Waals surface area contributed by atoms with E-state index >= 15 is 0 Å². The zero-order valence-electron chi connectivity index (χ0n) is 12.4. The molecule has 0 bridgehead atoms.